The van der Waals surface area contributed by atoms with E-state index in [9.17, 15) is 4.79 Å². The molecule has 1 aliphatic rings. The maximum Gasteiger partial charge on any atom is 0.269 e. The third-order valence-corrected chi connectivity index (χ3v) is 3.31. The fourth-order valence-corrected chi connectivity index (χ4v) is 2.16. The van der Waals surface area contributed by atoms with Crippen LogP contribution in [0.15, 0.2) is 18.2 Å². The number of hydrogen-bond donors (Lipinski definition) is 1. The molecular weight excluding hydrogens is 256 g/mol. The average molecular weight is 274 g/mol. The van der Waals surface area contributed by atoms with Crippen molar-refractivity contribution in [3.05, 3.63) is 29.5 Å². The van der Waals surface area contributed by atoms with Gasteiger partial charge in [0.05, 0.1) is 6.61 Å². The van der Waals surface area contributed by atoms with Gasteiger partial charge >= 0.3 is 0 Å². The van der Waals surface area contributed by atoms with Crippen molar-refractivity contribution < 1.29 is 14.3 Å². The van der Waals surface area contributed by atoms with Gasteiger partial charge in [-0.2, -0.15) is 0 Å². The fraction of sp³-hybridized carbons (Fsp3) is 0.400. The molecule has 2 heterocycles. The van der Waals surface area contributed by atoms with E-state index in [1.807, 2.05) is 25.1 Å². The van der Waals surface area contributed by atoms with Crippen molar-refractivity contribution in [1.82, 2.24) is 9.88 Å². The molecule has 0 spiro atoms. The zero-order valence-corrected chi connectivity index (χ0v) is 11.9. The Morgan fingerprint density at radius 2 is 2.20 bits per heavy atom. The van der Waals surface area contributed by atoms with Gasteiger partial charge in [-0.1, -0.05) is 0 Å². The number of aryl methyl sites for hydroxylation is 1. The van der Waals surface area contributed by atoms with E-state index in [-0.39, 0.29) is 12.0 Å². The van der Waals surface area contributed by atoms with Crippen molar-refractivity contribution in [2.45, 2.75) is 13.0 Å². The van der Waals surface area contributed by atoms with E-state index in [1.54, 1.807) is 19.0 Å². The van der Waals surface area contributed by atoms with Gasteiger partial charge in [0.2, 0.25) is 0 Å². The van der Waals surface area contributed by atoms with Crippen LogP contribution in [0.1, 0.15) is 16.1 Å². The minimum atomic E-state index is -0.0460. The molecule has 1 atom stereocenters. The van der Waals surface area contributed by atoms with Crippen LogP contribution in [0.4, 0.5) is 0 Å². The quantitative estimate of drug-likeness (QED) is 0.867. The molecule has 1 saturated heterocycles. The van der Waals surface area contributed by atoms with E-state index in [0.29, 0.717) is 12.3 Å². The second-order valence-electron chi connectivity index (χ2n) is 5.37. The lowest BCUT2D eigenvalue weighted by atomic mass is 10.1. The molecule has 1 aromatic carbocycles. The second kappa shape index (κ2) is 4.83. The van der Waals surface area contributed by atoms with Gasteiger partial charge in [0, 0.05) is 25.0 Å². The van der Waals surface area contributed by atoms with Crippen LogP contribution in [0.5, 0.6) is 5.75 Å². The zero-order chi connectivity index (χ0) is 14.3. The number of H-pyrrole nitrogens is 1. The van der Waals surface area contributed by atoms with Crippen LogP contribution in [0.3, 0.4) is 0 Å². The summed E-state index contributed by atoms with van der Waals surface area (Å²) in [5.74, 6) is 0.750. The van der Waals surface area contributed by atoms with E-state index in [1.165, 1.54) is 0 Å². The smallest absolute Gasteiger partial charge is 0.269 e. The molecule has 1 unspecified atom stereocenters. The van der Waals surface area contributed by atoms with Crippen LogP contribution >= 0.6 is 0 Å². The third-order valence-electron chi connectivity index (χ3n) is 3.31. The summed E-state index contributed by atoms with van der Waals surface area (Å²) in [4.78, 5) is 16.7. The maximum atomic E-state index is 12.0. The summed E-state index contributed by atoms with van der Waals surface area (Å²) in [6, 6.07) is 5.85. The predicted molar refractivity (Wildman–Crippen MR) is 76.3 cm³/mol. The first-order valence-corrected chi connectivity index (χ1v) is 6.64. The number of hydrogen-bond acceptors (Lipinski definition) is 3. The molecule has 20 heavy (non-hydrogen) atoms. The van der Waals surface area contributed by atoms with Crippen LogP contribution in [0, 0.1) is 6.92 Å². The SMILES string of the molecule is Cc1cc(OCC2CO2)c2cc(C(=O)N(C)C)[nH]c2c1. The highest BCUT2D eigenvalue weighted by atomic mass is 16.6. The molecule has 0 aliphatic carbocycles. The van der Waals surface area contributed by atoms with E-state index in [4.69, 9.17) is 9.47 Å². The lowest BCUT2D eigenvalue weighted by molar-refractivity contribution is 0.0823. The fourth-order valence-electron chi connectivity index (χ4n) is 2.16. The standard InChI is InChI=1S/C15H18N2O3/c1-9-4-12-11(6-13(16-12)15(18)17(2)3)14(5-9)20-8-10-7-19-10/h4-6,10,16H,7-8H2,1-3H3. The Balaban J connectivity index is 1.97. The van der Waals surface area contributed by atoms with Crippen molar-refractivity contribution in [2.24, 2.45) is 0 Å². The molecule has 1 aromatic heterocycles. The number of amides is 1. The predicted octanol–water partition coefficient (Wildman–Crippen LogP) is 1.96. The number of carbonyl (C=O) groups excluding carboxylic acids is 1. The van der Waals surface area contributed by atoms with E-state index >= 15 is 0 Å². The molecule has 0 saturated carbocycles. The topological polar surface area (TPSA) is 57.9 Å². The number of ether oxygens (including phenoxy) is 2. The Morgan fingerprint density at radius 1 is 1.45 bits per heavy atom. The molecule has 5 heteroatoms. The van der Waals surface area contributed by atoms with Crippen LogP contribution in [0.2, 0.25) is 0 Å². The molecule has 106 valence electrons. The largest absolute Gasteiger partial charge is 0.490 e. The molecular formula is C15H18N2O3. The lowest BCUT2D eigenvalue weighted by Crippen LogP contribution is -2.21. The molecule has 1 amide bonds. The van der Waals surface area contributed by atoms with Crippen LogP contribution < -0.4 is 4.74 Å². The molecule has 1 aliphatic heterocycles. The highest BCUT2D eigenvalue weighted by Gasteiger charge is 2.24. The van der Waals surface area contributed by atoms with Gasteiger partial charge in [0.1, 0.15) is 24.2 Å². The summed E-state index contributed by atoms with van der Waals surface area (Å²) in [7, 11) is 3.47. The summed E-state index contributed by atoms with van der Waals surface area (Å²) in [5.41, 5.74) is 2.58. The number of epoxide rings is 1. The summed E-state index contributed by atoms with van der Waals surface area (Å²) in [5, 5.41) is 0.932. The highest BCUT2D eigenvalue weighted by molar-refractivity contribution is 5.99. The van der Waals surface area contributed by atoms with Gasteiger partial charge < -0.3 is 19.4 Å². The molecule has 3 rings (SSSR count). The Bertz CT molecular complexity index is 656. The molecule has 2 aromatic rings. The molecule has 0 radical (unpaired) electrons. The first-order chi connectivity index (χ1) is 9.54. The van der Waals surface area contributed by atoms with Gasteiger partial charge in [-0.3, -0.25) is 4.79 Å². The van der Waals surface area contributed by atoms with E-state index < -0.39 is 0 Å². The third kappa shape index (κ3) is 2.49. The van der Waals surface area contributed by atoms with Gasteiger partial charge in [-0.15, -0.1) is 0 Å². The van der Waals surface area contributed by atoms with Crippen molar-refractivity contribution in [3.63, 3.8) is 0 Å². The summed E-state index contributed by atoms with van der Waals surface area (Å²) >= 11 is 0. The number of aromatic nitrogens is 1. The average Bonchev–Trinajstić information content (AvgIpc) is 3.13. The Labute approximate surface area is 117 Å². The number of rotatable bonds is 4. The number of benzene rings is 1. The van der Waals surface area contributed by atoms with Crippen molar-refractivity contribution >= 4 is 16.8 Å². The summed E-state index contributed by atoms with van der Waals surface area (Å²) in [6.45, 7) is 3.33. The number of carbonyl (C=O) groups is 1. The minimum absolute atomic E-state index is 0.0460. The zero-order valence-electron chi connectivity index (χ0n) is 11.9. The maximum absolute atomic E-state index is 12.0. The summed E-state index contributed by atoms with van der Waals surface area (Å²) in [6.07, 6.45) is 0.215. The Morgan fingerprint density at radius 3 is 2.85 bits per heavy atom. The van der Waals surface area contributed by atoms with Gasteiger partial charge in [0.15, 0.2) is 0 Å². The first-order valence-electron chi connectivity index (χ1n) is 6.64. The van der Waals surface area contributed by atoms with E-state index in [0.717, 1.165) is 28.8 Å². The van der Waals surface area contributed by atoms with Crippen LogP contribution in [-0.4, -0.2) is 49.2 Å². The molecule has 1 fully saturated rings. The lowest BCUT2D eigenvalue weighted by Gasteiger charge is -2.07. The number of nitrogens with one attached hydrogen (secondary N) is 1. The normalized spacial score (nSPS) is 17.2. The molecule has 0 bridgehead atoms. The Hall–Kier alpha value is -2.01. The van der Waals surface area contributed by atoms with Gasteiger partial charge in [0.25, 0.3) is 5.91 Å². The molecule has 5 nitrogen and oxygen atoms in total. The second-order valence-corrected chi connectivity index (χ2v) is 5.37. The van der Waals surface area contributed by atoms with Crippen LogP contribution in [0.25, 0.3) is 10.9 Å². The van der Waals surface area contributed by atoms with Crippen molar-refractivity contribution in [2.75, 3.05) is 27.3 Å². The van der Waals surface area contributed by atoms with Crippen molar-refractivity contribution in [3.8, 4) is 5.75 Å². The van der Waals surface area contributed by atoms with Gasteiger partial charge in [-0.25, -0.2) is 0 Å². The van der Waals surface area contributed by atoms with Crippen LogP contribution in [-0.2, 0) is 4.74 Å². The van der Waals surface area contributed by atoms with Crippen molar-refractivity contribution in [1.29, 1.82) is 0 Å². The minimum Gasteiger partial charge on any atom is -0.490 e. The van der Waals surface area contributed by atoms with E-state index in [2.05, 4.69) is 4.98 Å². The monoisotopic (exact) mass is 274 g/mol. The van der Waals surface area contributed by atoms with Gasteiger partial charge in [-0.05, 0) is 30.7 Å². The highest BCUT2D eigenvalue weighted by Crippen LogP contribution is 2.29. The Kier molecular flexibility index (Phi) is 3.14. The first kappa shape index (κ1) is 13.0. The number of fused-ring (bicyclic) bond motifs is 1. The molecule has 1 N–H and O–H groups in total. The summed E-state index contributed by atoms with van der Waals surface area (Å²) < 4.78 is 11.0. The number of nitrogens with zero attached hydrogens (tertiary/aromatic N) is 1. The number of aromatic amines is 1.